The fourth-order valence-corrected chi connectivity index (χ4v) is 1.37. The van der Waals surface area contributed by atoms with Crippen LogP contribution in [0.1, 0.15) is 20.3 Å². The van der Waals surface area contributed by atoms with Crippen molar-refractivity contribution >= 4 is 17.3 Å². The Morgan fingerprint density at radius 3 is 2.47 bits per heavy atom. The Morgan fingerprint density at radius 1 is 1.40 bits per heavy atom. The Bertz CT molecular complexity index is 399. The number of ketones is 3. The van der Waals surface area contributed by atoms with Gasteiger partial charge in [0, 0.05) is 23.6 Å². The second kappa shape index (κ2) is 4.21. The van der Waals surface area contributed by atoms with Crippen molar-refractivity contribution in [3.8, 4) is 0 Å². The first kappa shape index (κ1) is 11.4. The third kappa shape index (κ3) is 2.21. The number of rotatable bonds is 3. The summed E-state index contributed by atoms with van der Waals surface area (Å²) < 4.78 is 4.78. The van der Waals surface area contributed by atoms with E-state index < -0.39 is 0 Å². The molecule has 0 heterocycles. The average molecular weight is 208 g/mol. The summed E-state index contributed by atoms with van der Waals surface area (Å²) in [5.41, 5.74) is 0.572. The molecule has 15 heavy (non-hydrogen) atoms. The minimum atomic E-state index is -0.371. The second-order valence-electron chi connectivity index (χ2n) is 3.39. The van der Waals surface area contributed by atoms with Gasteiger partial charge in [-0.25, -0.2) is 0 Å². The molecule has 0 amide bonds. The largest absolute Gasteiger partial charge is 0.493 e. The summed E-state index contributed by atoms with van der Waals surface area (Å²) in [6, 6.07) is 0. The van der Waals surface area contributed by atoms with E-state index in [1.807, 2.05) is 0 Å². The fourth-order valence-electron chi connectivity index (χ4n) is 1.37. The van der Waals surface area contributed by atoms with Gasteiger partial charge < -0.3 is 4.74 Å². The van der Waals surface area contributed by atoms with Crippen LogP contribution in [-0.2, 0) is 19.1 Å². The van der Waals surface area contributed by atoms with Crippen LogP contribution in [0.5, 0.6) is 0 Å². The fraction of sp³-hybridized carbons (Fsp3) is 0.364. The van der Waals surface area contributed by atoms with E-state index in [4.69, 9.17) is 4.74 Å². The molecule has 1 aliphatic rings. The molecule has 80 valence electrons. The number of methoxy groups -OCH3 is 1. The molecule has 0 fully saturated rings. The van der Waals surface area contributed by atoms with Crippen molar-refractivity contribution in [2.24, 2.45) is 0 Å². The van der Waals surface area contributed by atoms with Gasteiger partial charge in [-0.1, -0.05) is 0 Å². The van der Waals surface area contributed by atoms with Gasteiger partial charge in [0.2, 0.25) is 5.78 Å². The molecule has 4 nitrogen and oxygen atoms in total. The van der Waals surface area contributed by atoms with Gasteiger partial charge in [-0.15, -0.1) is 0 Å². The molecule has 0 aliphatic heterocycles. The van der Waals surface area contributed by atoms with Crippen molar-refractivity contribution in [3.05, 3.63) is 23.0 Å². The number of ether oxygens (including phenoxy) is 1. The number of carbonyl (C=O) groups is 3. The zero-order valence-electron chi connectivity index (χ0n) is 8.92. The number of hydrogen-bond donors (Lipinski definition) is 0. The first-order valence-corrected chi connectivity index (χ1v) is 4.51. The lowest BCUT2D eigenvalue weighted by molar-refractivity contribution is -0.120. The van der Waals surface area contributed by atoms with Crippen LogP contribution in [-0.4, -0.2) is 24.5 Å². The highest BCUT2D eigenvalue weighted by Gasteiger charge is 2.27. The molecule has 1 rings (SSSR count). The van der Waals surface area contributed by atoms with E-state index in [1.165, 1.54) is 14.0 Å². The lowest BCUT2D eigenvalue weighted by Gasteiger charge is -2.14. The van der Waals surface area contributed by atoms with Crippen molar-refractivity contribution in [2.75, 3.05) is 7.11 Å². The van der Waals surface area contributed by atoms with E-state index in [1.54, 1.807) is 6.92 Å². The van der Waals surface area contributed by atoms with Crippen LogP contribution in [0, 0.1) is 0 Å². The summed E-state index contributed by atoms with van der Waals surface area (Å²) in [7, 11) is 1.32. The summed E-state index contributed by atoms with van der Waals surface area (Å²) in [6.07, 6.45) is 1.14. The van der Waals surface area contributed by atoms with Crippen LogP contribution in [0.25, 0.3) is 0 Å². The highest BCUT2D eigenvalue weighted by Crippen LogP contribution is 2.22. The van der Waals surface area contributed by atoms with Crippen LogP contribution in [0.2, 0.25) is 0 Å². The Balaban J connectivity index is 3.11. The number of carbonyl (C=O) groups excluding carboxylic acids is 3. The summed E-state index contributed by atoms with van der Waals surface area (Å²) in [5.74, 6) is -0.794. The third-order valence-corrected chi connectivity index (χ3v) is 2.23. The van der Waals surface area contributed by atoms with E-state index in [0.29, 0.717) is 5.57 Å². The highest BCUT2D eigenvalue weighted by molar-refractivity contribution is 6.22. The quantitative estimate of drug-likeness (QED) is 0.648. The average Bonchev–Trinajstić information content (AvgIpc) is 2.18. The van der Waals surface area contributed by atoms with Gasteiger partial charge >= 0.3 is 0 Å². The van der Waals surface area contributed by atoms with Crippen LogP contribution in [0.4, 0.5) is 0 Å². The van der Waals surface area contributed by atoms with Crippen LogP contribution in [0.15, 0.2) is 23.0 Å². The molecule has 0 spiro atoms. The van der Waals surface area contributed by atoms with E-state index in [-0.39, 0.29) is 35.1 Å². The lowest BCUT2D eigenvalue weighted by Crippen LogP contribution is -2.20. The molecule has 0 saturated carbocycles. The van der Waals surface area contributed by atoms with Gasteiger partial charge in [-0.3, -0.25) is 14.4 Å². The topological polar surface area (TPSA) is 60.4 Å². The predicted molar refractivity (Wildman–Crippen MR) is 53.1 cm³/mol. The van der Waals surface area contributed by atoms with Gasteiger partial charge in [-0.2, -0.15) is 0 Å². The predicted octanol–water partition coefficient (Wildman–Crippen LogP) is 0.964. The molecule has 0 aromatic carbocycles. The van der Waals surface area contributed by atoms with Gasteiger partial charge in [0.1, 0.15) is 5.78 Å². The maximum absolute atomic E-state index is 11.7. The smallest absolute Gasteiger partial charge is 0.224 e. The molecule has 1 aliphatic carbocycles. The first-order valence-electron chi connectivity index (χ1n) is 4.51. The van der Waals surface area contributed by atoms with Crippen molar-refractivity contribution in [3.63, 3.8) is 0 Å². The number of allylic oxidation sites excluding steroid dienone is 3. The van der Waals surface area contributed by atoms with Crippen molar-refractivity contribution in [1.82, 2.24) is 0 Å². The molecular weight excluding hydrogens is 196 g/mol. The summed E-state index contributed by atoms with van der Waals surface area (Å²) >= 11 is 0. The monoisotopic (exact) mass is 208 g/mol. The van der Waals surface area contributed by atoms with Crippen molar-refractivity contribution in [1.29, 1.82) is 0 Å². The van der Waals surface area contributed by atoms with Gasteiger partial charge in [0.05, 0.1) is 7.11 Å². The Morgan fingerprint density at radius 2 is 2.00 bits per heavy atom. The van der Waals surface area contributed by atoms with E-state index in [9.17, 15) is 14.4 Å². The zero-order chi connectivity index (χ0) is 11.6. The zero-order valence-corrected chi connectivity index (χ0v) is 8.92. The van der Waals surface area contributed by atoms with Crippen molar-refractivity contribution in [2.45, 2.75) is 20.3 Å². The molecule has 0 aromatic rings. The molecule has 4 heteroatoms. The molecule has 0 N–H and O–H groups in total. The molecular formula is C11H12O4. The van der Waals surface area contributed by atoms with Crippen LogP contribution in [0.3, 0.4) is 0 Å². The van der Waals surface area contributed by atoms with Gasteiger partial charge in [0.25, 0.3) is 0 Å². The summed E-state index contributed by atoms with van der Waals surface area (Å²) in [4.78, 5) is 34.1. The molecule has 0 radical (unpaired) electrons. The van der Waals surface area contributed by atoms with E-state index in [2.05, 4.69) is 0 Å². The number of hydrogen-bond acceptors (Lipinski definition) is 4. The SMILES string of the molecule is COC1=CC(=O)C(C)=C(CC(C)=O)C1=O. The van der Waals surface area contributed by atoms with Gasteiger partial charge in [0.15, 0.2) is 11.5 Å². The standard InChI is InChI=1S/C11H12O4/c1-6(12)4-8-7(2)9(13)5-10(15-3)11(8)14/h5H,4H2,1-3H3. The van der Waals surface area contributed by atoms with E-state index >= 15 is 0 Å². The molecule has 0 atom stereocenters. The lowest BCUT2D eigenvalue weighted by atomic mass is 9.91. The number of Topliss-reactive ketones (excluding diaryl/α,β-unsaturated/α-hetero) is 2. The maximum Gasteiger partial charge on any atom is 0.224 e. The molecule has 0 bridgehead atoms. The van der Waals surface area contributed by atoms with Crippen LogP contribution >= 0.6 is 0 Å². The summed E-state index contributed by atoms with van der Waals surface area (Å²) in [6.45, 7) is 2.92. The third-order valence-electron chi connectivity index (χ3n) is 2.23. The van der Waals surface area contributed by atoms with Crippen LogP contribution < -0.4 is 0 Å². The second-order valence-corrected chi connectivity index (χ2v) is 3.39. The Kier molecular flexibility index (Phi) is 3.19. The normalized spacial score (nSPS) is 16.6. The molecule has 0 saturated heterocycles. The molecule has 0 unspecified atom stereocenters. The Labute approximate surface area is 87.6 Å². The molecule has 0 aromatic heterocycles. The maximum atomic E-state index is 11.7. The summed E-state index contributed by atoms with van der Waals surface area (Å²) in [5, 5.41) is 0. The first-order chi connectivity index (χ1) is 6.97. The minimum Gasteiger partial charge on any atom is -0.493 e. The van der Waals surface area contributed by atoms with Crippen molar-refractivity contribution < 1.29 is 19.1 Å². The van der Waals surface area contributed by atoms with Gasteiger partial charge in [-0.05, 0) is 13.8 Å². The Hall–Kier alpha value is -1.71. The highest BCUT2D eigenvalue weighted by atomic mass is 16.5. The van der Waals surface area contributed by atoms with E-state index in [0.717, 1.165) is 6.08 Å². The minimum absolute atomic E-state index is 0.00171.